The second kappa shape index (κ2) is 11.1. The number of rotatable bonds is 9. The lowest BCUT2D eigenvalue weighted by atomic mass is 10.1. The molecule has 182 valence electrons. The lowest BCUT2D eigenvalue weighted by Crippen LogP contribution is -2.49. The van der Waals surface area contributed by atoms with E-state index in [1.165, 1.54) is 25.1 Å². The number of Topliss-reactive ketones (excluding diaryl/α,β-unsaturated/α-hetero) is 1. The van der Waals surface area contributed by atoms with Crippen molar-refractivity contribution < 1.29 is 23.6 Å². The summed E-state index contributed by atoms with van der Waals surface area (Å²) in [6.45, 7) is 6.37. The molecule has 10 heteroatoms. The number of likely N-dealkylation sites (N-methyl/N-ethyl adjacent to an activating group) is 1. The number of benzene rings is 2. The normalized spacial score (nSPS) is 13.6. The van der Waals surface area contributed by atoms with Crippen LogP contribution in [0.15, 0.2) is 36.4 Å². The number of nitro groups is 1. The van der Waals surface area contributed by atoms with E-state index in [9.17, 15) is 24.1 Å². The van der Waals surface area contributed by atoms with Crippen LogP contribution in [0, 0.1) is 15.9 Å². The van der Waals surface area contributed by atoms with E-state index < -0.39 is 10.7 Å². The molecule has 0 N–H and O–H groups in total. The van der Waals surface area contributed by atoms with Crippen molar-refractivity contribution in [3.63, 3.8) is 0 Å². The standard InChI is InChI=1S/C24H29FN4O5/c1-4-26(13-14-34-3)22-8-6-19(29(32)33)16-20(22)24(31)28-11-9-27(10-12-28)23-7-5-18(17(2)30)15-21(23)25/h5-8,15-16H,4,9-14H2,1-3H3. The smallest absolute Gasteiger partial charge is 0.270 e. The molecular formula is C24H29FN4O5. The van der Waals surface area contributed by atoms with E-state index in [0.29, 0.717) is 62.8 Å². The third kappa shape index (κ3) is 5.51. The topological polar surface area (TPSA) is 96.2 Å². The highest BCUT2D eigenvalue weighted by Gasteiger charge is 2.28. The summed E-state index contributed by atoms with van der Waals surface area (Å²) in [5.41, 5.74) is 1.41. The Hall–Kier alpha value is -3.53. The summed E-state index contributed by atoms with van der Waals surface area (Å²) in [4.78, 5) is 41.2. The van der Waals surface area contributed by atoms with Gasteiger partial charge in [0.25, 0.3) is 11.6 Å². The number of ether oxygens (including phenoxy) is 1. The fraction of sp³-hybridized carbons (Fsp3) is 0.417. The number of nitrogens with zero attached hydrogens (tertiary/aromatic N) is 4. The van der Waals surface area contributed by atoms with Gasteiger partial charge in [0.1, 0.15) is 5.82 Å². The second-order valence-electron chi connectivity index (χ2n) is 8.03. The van der Waals surface area contributed by atoms with Crippen molar-refractivity contribution in [3.05, 3.63) is 63.5 Å². The molecule has 1 fully saturated rings. The number of methoxy groups -OCH3 is 1. The maximum atomic E-state index is 14.6. The largest absolute Gasteiger partial charge is 0.383 e. The quantitative estimate of drug-likeness (QED) is 0.314. The van der Waals surface area contributed by atoms with Crippen LogP contribution in [0.5, 0.6) is 0 Å². The zero-order valence-electron chi connectivity index (χ0n) is 19.6. The molecule has 0 unspecified atom stereocenters. The number of non-ortho nitro benzene ring substituents is 1. The fourth-order valence-electron chi connectivity index (χ4n) is 4.04. The maximum absolute atomic E-state index is 14.6. The van der Waals surface area contributed by atoms with E-state index >= 15 is 0 Å². The summed E-state index contributed by atoms with van der Waals surface area (Å²) in [6.07, 6.45) is 0. The molecule has 0 spiro atoms. The van der Waals surface area contributed by atoms with E-state index in [0.717, 1.165) is 0 Å². The van der Waals surface area contributed by atoms with Crippen molar-refractivity contribution in [1.29, 1.82) is 0 Å². The number of anilines is 2. The molecule has 0 saturated carbocycles. The average Bonchev–Trinajstić information content (AvgIpc) is 2.84. The molecule has 1 aliphatic rings. The number of hydrogen-bond acceptors (Lipinski definition) is 7. The molecule has 1 amide bonds. The van der Waals surface area contributed by atoms with Crippen molar-refractivity contribution in [2.75, 3.05) is 62.8 Å². The van der Waals surface area contributed by atoms with Gasteiger partial charge in [-0.05, 0) is 38.1 Å². The zero-order valence-corrected chi connectivity index (χ0v) is 19.6. The van der Waals surface area contributed by atoms with Crippen molar-refractivity contribution in [1.82, 2.24) is 4.90 Å². The number of hydrogen-bond donors (Lipinski definition) is 0. The molecule has 9 nitrogen and oxygen atoms in total. The van der Waals surface area contributed by atoms with Gasteiger partial charge < -0.3 is 19.4 Å². The first kappa shape index (κ1) is 25.1. The van der Waals surface area contributed by atoms with Gasteiger partial charge in [0.05, 0.1) is 28.5 Å². The molecule has 0 bridgehead atoms. The van der Waals surface area contributed by atoms with Gasteiger partial charge in [-0.25, -0.2) is 4.39 Å². The Morgan fingerprint density at radius 1 is 1.15 bits per heavy atom. The molecule has 1 aliphatic heterocycles. The molecule has 1 heterocycles. The van der Waals surface area contributed by atoms with Crippen molar-refractivity contribution in [3.8, 4) is 0 Å². The van der Waals surface area contributed by atoms with Gasteiger partial charge in [-0.15, -0.1) is 0 Å². The Morgan fingerprint density at radius 2 is 1.85 bits per heavy atom. The third-order valence-corrected chi connectivity index (χ3v) is 5.97. The number of halogens is 1. The first-order chi connectivity index (χ1) is 16.3. The Labute approximate surface area is 197 Å². The first-order valence-electron chi connectivity index (χ1n) is 11.1. The molecule has 34 heavy (non-hydrogen) atoms. The van der Waals surface area contributed by atoms with Gasteiger partial charge in [0.2, 0.25) is 0 Å². The summed E-state index contributed by atoms with van der Waals surface area (Å²) in [7, 11) is 1.59. The Bertz CT molecular complexity index is 1070. The summed E-state index contributed by atoms with van der Waals surface area (Å²) >= 11 is 0. The number of amides is 1. The summed E-state index contributed by atoms with van der Waals surface area (Å²) in [5.74, 6) is -0.993. The van der Waals surface area contributed by atoms with E-state index in [-0.39, 0.29) is 22.9 Å². The third-order valence-electron chi connectivity index (χ3n) is 5.97. The number of piperazine rings is 1. The lowest BCUT2D eigenvalue weighted by Gasteiger charge is -2.37. The minimum absolute atomic E-state index is 0.152. The van der Waals surface area contributed by atoms with Gasteiger partial charge in [0, 0.05) is 64.1 Å². The van der Waals surface area contributed by atoms with E-state index in [4.69, 9.17) is 4.74 Å². The van der Waals surface area contributed by atoms with Crippen molar-refractivity contribution in [2.24, 2.45) is 0 Å². The average molecular weight is 473 g/mol. The zero-order chi connectivity index (χ0) is 24.8. The number of nitro benzene ring substituents is 1. The van der Waals surface area contributed by atoms with Gasteiger partial charge in [0.15, 0.2) is 5.78 Å². The highest BCUT2D eigenvalue weighted by atomic mass is 19.1. The number of ketones is 1. The van der Waals surface area contributed by atoms with Crippen molar-refractivity contribution >= 4 is 28.8 Å². The van der Waals surface area contributed by atoms with Crippen LogP contribution in [0.2, 0.25) is 0 Å². The van der Waals surface area contributed by atoms with Gasteiger partial charge in [-0.2, -0.15) is 0 Å². The minimum Gasteiger partial charge on any atom is -0.383 e. The van der Waals surface area contributed by atoms with Gasteiger partial charge in [-0.1, -0.05) is 0 Å². The van der Waals surface area contributed by atoms with Crippen LogP contribution in [0.4, 0.5) is 21.5 Å². The first-order valence-corrected chi connectivity index (χ1v) is 11.1. The predicted octanol–water partition coefficient (Wildman–Crippen LogP) is 3.37. The van der Waals surface area contributed by atoms with Crippen LogP contribution >= 0.6 is 0 Å². The molecule has 0 aromatic heterocycles. The fourth-order valence-corrected chi connectivity index (χ4v) is 4.04. The monoisotopic (exact) mass is 472 g/mol. The Kier molecular flexibility index (Phi) is 8.17. The van der Waals surface area contributed by atoms with Crippen LogP contribution in [-0.2, 0) is 4.74 Å². The maximum Gasteiger partial charge on any atom is 0.270 e. The van der Waals surface area contributed by atoms with Crippen LogP contribution < -0.4 is 9.80 Å². The van der Waals surface area contributed by atoms with Crippen molar-refractivity contribution in [2.45, 2.75) is 13.8 Å². The number of carbonyl (C=O) groups is 2. The van der Waals surface area contributed by atoms with Gasteiger partial charge in [-0.3, -0.25) is 19.7 Å². The Morgan fingerprint density at radius 3 is 2.41 bits per heavy atom. The van der Waals surface area contributed by atoms with E-state index in [1.807, 2.05) is 16.7 Å². The summed E-state index contributed by atoms with van der Waals surface area (Å²) < 4.78 is 19.7. The summed E-state index contributed by atoms with van der Waals surface area (Å²) in [6, 6.07) is 8.72. The Balaban J connectivity index is 1.80. The summed E-state index contributed by atoms with van der Waals surface area (Å²) in [5, 5.41) is 11.4. The van der Waals surface area contributed by atoms with Gasteiger partial charge >= 0.3 is 0 Å². The van der Waals surface area contributed by atoms with Crippen LogP contribution in [-0.4, -0.2) is 74.5 Å². The molecular weight excluding hydrogens is 443 g/mol. The molecule has 2 aromatic carbocycles. The number of carbonyl (C=O) groups excluding carboxylic acids is 2. The highest BCUT2D eigenvalue weighted by Crippen LogP contribution is 2.28. The van der Waals surface area contributed by atoms with Crippen LogP contribution in [0.25, 0.3) is 0 Å². The second-order valence-corrected chi connectivity index (χ2v) is 8.03. The predicted molar refractivity (Wildman–Crippen MR) is 127 cm³/mol. The van der Waals surface area contributed by atoms with E-state index in [2.05, 4.69) is 0 Å². The molecule has 2 aromatic rings. The SMILES string of the molecule is CCN(CCOC)c1ccc([N+](=O)[O-])cc1C(=O)N1CCN(c2ccc(C(C)=O)cc2F)CC1. The lowest BCUT2D eigenvalue weighted by molar-refractivity contribution is -0.384. The van der Waals surface area contributed by atoms with Crippen LogP contribution in [0.1, 0.15) is 34.6 Å². The highest BCUT2D eigenvalue weighted by molar-refractivity contribution is 6.00. The molecule has 0 radical (unpaired) electrons. The molecule has 0 aliphatic carbocycles. The molecule has 3 rings (SSSR count). The molecule has 1 saturated heterocycles. The van der Waals surface area contributed by atoms with Crippen LogP contribution in [0.3, 0.4) is 0 Å². The minimum atomic E-state index is -0.516. The molecule has 0 atom stereocenters. The van der Waals surface area contributed by atoms with E-state index in [1.54, 1.807) is 30.2 Å².